The van der Waals surface area contributed by atoms with E-state index in [2.05, 4.69) is 10.3 Å². The van der Waals surface area contributed by atoms with Crippen molar-refractivity contribution in [1.82, 2.24) is 19.9 Å². The minimum Gasteiger partial charge on any atom is -0.459 e. The van der Waals surface area contributed by atoms with Crippen molar-refractivity contribution in [2.24, 2.45) is 23.7 Å². The number of Topliss-reactive ketones (excluding diaryl/α,β-unsaturated/α-hetero) is 1. The Balaban J connectivity index is 1.49. The van der Waals surface area contributed by atoms with Gasteiger partial charge in [-0.3, -0.25) is 19.7 Å². The fraction of sp³-hybridized carbons (Fsp3) is 0.787. The lowest BCUT2D eigenvalue weighted by Crippen LogP contribution is -2.61. The highest BCUT2D eigenvalue weighted by Gasteiger charge is 2.54. The first-order valence-corrected chi connectivity index (χ1v) is 23.4. The molecule has 3 fully saturated rings. The second kappa shape index (κ2) is 22.0. The minimum absolute atomic E-state index is 0.0374. The molecule has 3 aliphatic heterocycles. The van der Waals surface area contributed by atoms with Gasteiger partial charge in [-0.1, -0.05) is 32.9 Å². The molecule has 20 nitrogen and oxygen atoms in total. The van der Waals surface area contributed by atoms with Gasteiger partial charge in [-0.05, 0) is 80.0 Å². The molecule has 378 valence electrons. The molecule has 0 radical (unpaired) electrons. The van der Waals surface area contributed by atoms with Crippen LogP contribution in [0.25, 0.3) is 5.69 Å². The predicted molar refractivity (Wildman–Crippen MR) is 242 cm³/mol. The normalized spacial score (nSPS) is 40.6. The fourth-order valence-electron chi connectivity index (χ4n) is 10.2. The van der Waals surface area contributed by atoms with Gasteiger partial charge in [0.2, 0.25) is 0 Å². The standard InChI is InChI=1S/C47H75N5O15/c1-14-35-47(10,58)40(55)27(4)37(53)25(2)22-46(9,62-13)42(28(5)39(29(6)43(57)65-35)66-36-23-45(8,61-12)41(56)30(7)64-36)67-44-38(54)34(21-26(3)63-44)50(11)20-19-31-24-51(49-48-31)32-15-17-33(18-16-32)52(59)60/h15-18,24-30,34-36,38-42,44,54-56,58H,14,19-23H2,1-13H3/t25-,26-,27+,28+,29-,30+,34+,35-,36+,38-,39+,40-,41+,42-,44+,45-,46-,47-/m1/s1. The number of carbonyl (C=O) groups excluding carboxylic acids is 2. The van der Waals surface area contributed by atoms with E-state index in [0.717, 1.165) is 0 Å². The highest BCUT2D eigenvalue weighted by molar-refractivity contribution is 5.83. The van der Waals surface area contributed by atoms with E-state index >= 15 is 0 Å². The second-order valence-electron chi connectivity index (χ2n) is 19.8. The lowest BCUT2D eigenvalue weighted by atomic mass is 9.74. The molecule has 1 aromatic carbocycles. The minimum atomic E-state index is -2.01. The van der Waals surface area contributed by atoms with E-state index in [1.165, 1.54) is 44.9 Å². The van der Waals surface area contributed by atoms with E-state index in [9.17, 15) is 40.1 Å². The summed E-state index contributed by atoms with van der Waals surface area (Å²) < 4.78 is 46.1. The van der Waals surface area contributed by atoms with Crippen molar-refractivity contribution in [2.75, 3.05) is 27.8 Å². The Labute approximate surface area is 393 Å². The van der Waals surface area contributed by atoms with Gasteiger partial charge in [-0.2, -0.15) is 0 Å². The van der Waals surface area contributed by atoms with Crippen molar-refractivity contribution in [3.05, 3.63) is 46.3 Å². The molecule has 4 heterocycles. The number of carbonyl (C=O) groups is 2. The monoisotopic (exact) mass is 950 g/mol. The second-order valence-corrected chi connectivity index (χ2v) is 19.8. The highest BCUT2D eigenvalue weighted by atomic mass is 16.7. The summed E-state index contributed by atoms with van der Waals surface area (Å²) in [7, 11) is 4.85. The van der Waals surface area contributed by atoms with Gasteiger partial charge in [0, 0.05) is 69.5 Å². The maximum atomic E-state index is 14.4. The fourth-order valence-corrected chi connectivity index (χ4v) is 10.2. The Kier molecular flexibility index (Phi) is 17.9. The number of cyclic esters (lactones) is 1. The molecule has 5 rings (SSSR count). The molecule has 18 atom stereocenters. The number of likely N-dealkylation sites (N-methyl/N-ethyl adjacent to an activating group) is 1. The number of benzene rings is 1. The van der Waals surface area contributed by atoms with Crippen molar-refractivity contribution in [3.8, 4) is 5.69 Å². The number of nitro groups is 1. The van der Waals surface area contributed by atoms with E-state index < -0.39 is 119 Å². The molecule has 3 saturated heterocycles. The van der Waals surface area contributed by atoms with Gasteiger partial charge in [0.15, 0.2) is 12.6 Å². The number of esters is 1. The van der Waals surface area contributed by atoms with Crippen LogP contribution in [0, 0.1) is 33.8 Å². The van der Waals surface area contributed by atoms with Crippen LogP contribution in [-0.2, 0) is 49.2 Å². The van der Waals surface area contributed by atoms with Crippen molar-refractivity contribution < 1.29 is 68.1 Å². The number of nitro benzene ring substituents is 1. The topological polar surface area (TPSA) is 257 Å². The Bertz CT molecular complexity index is 1970. The van der Waals surface area contributed by atoms with Crippen molar-refractivity contribution in [3.63, 3.8) is 0 Å². The van der Waals surface area contributed by atoms with Gasteiger partial charge < -0.3 is 58.5 Å². The van der Waals surface area contributed by atoms with Gasteiger partial charge in [-0.15, -0.1) is 5.10 Å². The summed E-state index contributed by atoms with van der Waals surface area (Å²) in [5, 5.41) is 66.2. The van der Waals surface area contributed by atoms with E-state index in [1.807, 2.05) is 25.8 Å². The quantitative estimate of drug-likeness (QED) is 0.127. The van der Waals surface area contributed by atoms with E-state index in [1.54, 1.807) is 59.9 Å². The zero-order chi connectivity index (χ0) is 49.9. The molecular formula is C47H75N5O15. The van der Waals surface area contributed by atoms with Crippen LogP contribution in [0.1, 0.15) is 101 Å². The molecule has 0 spiro atoms. The number of hydrogen-bond acceptors (Lipinski definition) is 18. The lowest BCUT2D eigenvalue weighted by Gasteiger charge is -2.50. The van der Waals surface area contributed by atoms with Gasteiger partial charge >= 0.3 is 5.97 Å². The molecule has 0 aliphatic carbocycles. The number of aliphatic hydroxyl groups is 4. The molecule has 0 bridgehead atoms. The van der Waals surface area contributed by atoms with Crippen LogP contribution in [0.5, 0.6) is 0 Å². The molecule has 0 amide bonds. The summed E-state index contributed by atoms with van der Waals surface area (Å²) in [6.07, 6.45) is -7.66. The summed E-state index contributed by atoms with van der Waals surface area (Å²) in [4.78, 5) is 41.3. The van der Waals surface area contributed by atoms with E-state index in [4.69, 9.17) is 33.2 Å². The third-order valence-corrected chi connectivity index (χ3v) is 14.8. The number of nitrogens with zero attached hydrogens (tertiary/aromatic N) is 5. The number of aromatic nitrogens is 3. The summed E-state index contributed by atoms with van der Waals surface area (Å²) in [5.41, 5.74) is -3.21. The Hall–Kier alpha value is -3.54. The molecule has 67 heavy (non-hydrogen) atoms. The van der Waals surface area contributed by atoms with Gasteiger partial charge in [-0.25, -0.2) is 4.68 Å². The smallest absolute Gasteiger partial charge is 0.311 e. The summed E-state index contributed by atoms with van der Waals surface area (Å²) in [5.74, 6) is -4.82. The molecule has 1 aromatic heterocycles. The Morgan fingerprint density at radius 3 is 2.16 bits per heavy atom. The molecule has 2 aromatic rings. The number of ether oxygens (including phenoxy) is 7. The largest absolute Gasteiger partial charge is 0.459 e. The van der Waals surface area contributed by atoms with E-state index in [-0.39, 0.29) is 30.7 Å². The average Bonchev–Trinajstić information content (AvgIpc) is 3.78. The van der Waals surface area contributed by atoms with E-state index in [0.29, 0.717) is 30.8 Å². The van der Waals surface area contributed by atoms with Crippen LogP contribution >= 0.6 is 0 Å². The molecular weight excluding hydrogens is 875 g/mol. The first-order chi connectivity index (χ1) is 31.3. The third-order valence-electron chi connectivity index (χ3n) is 14.8. The number of hydrogen-bond donors (Lipinski definition) is 4. The lowest BCUT2D eigenvalue weighted by molar-refractivity contribution is -0.384. The molecule has 20 heteroatoms. The average molecular weight is 950 g/mol. The Morgan fingerprint density at radius 1 is 0.925 bits per heavy atom. The van der Waals surface area contributed by atoms with Crippen LogP contribution in [0.3, 0.4) is 0 Å². The van der Waals surface area contributed by atoms with Gasteiger partial charge in [0.25, 0.3) is 5.69 Å². The van der Waals surface area contributed by atoms with Crippen LogP contribution in [0.2, 0.25) is 0 Å². The number of methoxy groups -OCH3 is 2. The summed E-state index contributed by atoms with van der Waals surface area (Å²) in [6, 6.07) is 5.50. The predicted octanol–water partition coefficient (Wildman–Crippen LogP) is 3.54. The Morgan fingerprint density at radius 2 is 1.57 bits per heavy atom. The summed E-state index contributed by atoms with van der Waals surface area (Å²) >= 11 is 0. The van der Waals surface area contributed by atoms with Crippen molar-refractivity contribution in [2.45, 2.75) is 186 Å². The number of non-ortho nitro benzene ring substituents is 1. The first-order valence-electron chi connectivity index (χ1n) is 23.4. The highest BCUT2D eigenvalue weighted by Crippen LogP contribution is 2.42. The third kappa shape index (κ3) is 11.9. The SMILES string of the molecule is CC[C@H]1OC(=O)[C@H](C)[C@@H](O[C@H]2C[C@@](C)(OC)[C@@H](O)[C@H](C)O2)[C@H](C)[C@@H](O[C@@H]2O[C@H](C)C[C@H](N(C)CCc3cn(-c4ccc([N+](=O)[O-])cc4)nn3)[C@H]2O)[C@](C)(OC)C[C@@H](C)C(=O)[C@H](C)[C@@H](O)[C@]1(C)O. The number of aliphatic hydroxyl groups excluding tert-OH is 3. The first kappa shape index (κ1) is 54.4. The zero-order valence-corrected chi connectivity index (χ0v) is 41.3. The van der Waals surface area contributed by atoms with Crippen LogP contribution in [-0.4, -0.2) is 169 Å². The van der Waals surface area contributed by atoms with Crippen LogP contribution in [0.4, 0.5) is 5.69 Å². The maximum Gasteiger partial charge on any atom is 0.311 e. The van der Waals surface area contributed by atoms with Gasteiger partial charge in [0.05, 0.1) is 70.1 Å². The van der Waals surface area contributed by atoms with Crippen molar-refractivity contribution in [1.29, 1.82) is 0 Å². The number of ketones is 1. The van der Waals surface area contributed by atoms with Crippen LogP contribution < -0.4 is 0 Å². The molecule has 0 unspecified atom stereocenters. The summed E-state index contributed by atoms with van der Waals surface area (Å²) in [6.45, 7) is 17.3. The number of rotatable bonds is 13. The molecule has 3 aliphatic rings. The molecule has 0 saturated carbocycles. The van der Waals surface area contributed by atoms with Crippen LogP contribution in [0.15, 0.2) is 30.5 Å². The van der Waals surface area contributed by atoms with Gasteiger partial charge in [0.1, 0.15) is 29.7 Å². The maximum absolute atomic E-state index is 14.4. The van der Waals surface area contributed by atoms with Crippen molar-refractivity contribution >= 4 is 17.4 Å². The molecule has 4 N–H and O–H groups in total. The zero-order valence-electron chi connectivity index (χ0n) is 41.3.